The predicted molar refractivity (Wildman–Crippen MR) is 71.7 cm³/mol. The first kappa shape index (κ1) is 14.5. The van der Waals surface area contributed by atoms with Gasteiger partial charge in [-0.2, -0.15) is 0 Å². The zero-order valence-electron chi connectivity index (χ0n) is 11.7. The lowest BCUT2D eigenvalue weighted by molar-refractivity contribution is -0.132. The summed E-state index contributed by atoms with van der Waals surface area (Å²) in [5.74, 6) is 1.30. The van der Waals surface area contributed by atoms with E-state index in [9.17, 15) is 9.90 Å². The second kappa shape index (κ2) is 6.06. The van der Waals surface area contributed by atoms with Crippen molar-refractivity contribution in [2.45, 2.75) is 39.2 Å². The van der Waals surface area contributed by atoms with Gasteiger partial charge in [-0.05, 0) is 62.9 Å². The van der Waals surface area contributed by atoms with Crippen molar-refractivity contribution in [2.75, 3.05) is 13.2 Å². The molecule has 0 spiro atoms. The van der Waals surface area contributed by atoms with Crippen LogP contribution < -0.4 is 0 Å². The van der Waals surface area contributed by atoms with Crippen LogP contribution in [-0.2, 0) is 9.53 Å². The minimum absolute atomic E-state index is 0.186. The van der Waals surface area contributed by atoms with E-state index >= 15 is 0 Å². The third kappa shape index (κ3) is 3.18. The smallest absolute Gasteiger partial charge is 0.331 e. The van der Waals surface area contributed by atoms with Gasteiger partial charge in [-0.3, -0.25) is 0 Å². The van der Waals surface area contributed by atoms with Gasteiger partial charge < -0.3 is 14.9 Å². The Morgan fingerprint density at radius 3 is 2.58 bits per heavy atom. The molecule has 5 unspecified atom stereocenters. The molecule has 0 saturated heterocycles. The highest BCUT2D eigenvalue weighted by Crippen LogP contribution is 2.52. The number of aliphatic hydroxyl groups excluding tert-OH is 1. The number of ether oxygens (including phenoxy) is 1. The highest BCUT2D eigenvalue weighted by molar-refractivity contribution is 5.85. The first-order valence-corrected chi connectivity index (χ1v) is 7.17. The molecular formula is C15H24O4. The maximum Gasteiger partial charge on any atom is 0.331 e. The molecule has 0 aromatic rings. The van der Waals surface area contributed by atoms with Crippen molar-refractivity contribution in [3.05, 3.63) is 11.6 Å². The molecule has 4 heteroatoms. The normalized spacial score (nSPS) is 35.6. The van der Waals surface area contributed by atoms with E-state index in [0.717, 1.165) is 0 Å². The molecule has 0 aromatic heterocycles. The van der Waals surface area contributed by atoms with Crippen LogP contribution in [-0.4, -0.2) is 35.5 Å². The van der Waals surface area contributed by atoms with Gasteiger partial charge in [0, 0.05) is 12.2 Å². The number of rotatable bonds is 6. The summed E-state index contributed by atoms with van der Waals surface area (Å²) >= 11 is 0. The van der Waals surface area contributed by atoms with Gasteiger partial charge in [0.2, 0.25) is 0 Å². The summed E-state index contributed by atoms with van der Waals surface area (Å²) < 4.78 is 5.78. The van der Waals surface area contributed by atoms with Crippen LogP contribution in [0.4, 0.5) is 0 Å². The number of carboxylic acids is 1. The highest BCUT2D eigenvalue weighted by atomic mass is 16.5. The fourth-order valence-electron chi connectivity index (χ4n) is 3.81. The Balaban J connectivity index is 1.85. The molecule has 2 fully saturated rings. The number of carbonyl (C=O) groups is 1. The average Bonchev–Trinajstić information content (AvgIpc) is 2.95. The van der Waals surface area contributed by atoms with E-state index in [1.165, 1.54) is 19.3 Å². The summed E-state index contributed by atoms with van der Waals surface area (Å²) in [4.78, 5) is 10.7. The van der Waals surface area contributed by atoms with Crippen LogP contribution >= 0.6 is 0 Å². The number of fused-ring (bicyclic) bond motifs is 2. The third-order valence-electron chi connectivity index (χ3n) is 4.86. The zero-order chi connectivity index (χ0) is 14.0. The molecule has 4 nitrogen and oxygen atoms in total. The van der Waals surface area contributed by atoms with E-state index in [-0.39, 0.29) is 12.7 Å². The van der Waals surface area contributed by atoms with E-state index in [2.05, 4.69) is 0 Å². The molecule has 5 atom stereocenters. The number of aliphatic carboxylic acids is 1. The lowest BCUT2D eigenvalue weighted by atomic mass is 9.80. The number of aliphatic hydroxyl groups is 1. The van der Waals surface area contributed by atoms with Crippen LogP contribution in [0.25, 0.3) is 0 Å². The van der Waals surface area contributed by atoms with Crippen molar-refractivity contribution >= 4 is 5.97 Å². The Hall–Kier alpha value is -0.870. The van der Waals surface area contributed by atoms with Gasteiger partial charge in [0.25, 0.3) is 0 Å². The number of carboxylic acid groups (broad SMARTS) is 1. The van der Waals surface area contributed by atoms with E-state index in [1.54, 1.807) is 13.0 Å². The average molecular weight is 268 g/mol. The van der Waals surface area contributed by atoms with Crippen molar-refractivity contribution in [1.29, 1.82) is 0 Å². The molecule has 0 radical (unpaired) electrons. The molecule has 2 bridgehead atoms. The summed E-state index contributed by atoms with van der Waals surface area (Å²) in [5.41, 5.74) is 0.319. The predicted octanol–water partition coefficient (Wildman–Crippen LogP) is 2.08. The Morgan fingerprint density at radius 1 is 1.37 bits per heavy atom. The van der Waals surface area contributed by atoms with Crippen molar-refractivity contribution in [2.24, 2.45) is 23.7 Å². The topological polar surface area (TPSA) is 66.8 Å². The number of hydrogen-bond donors (Lipinski definition) is 2. The van der Waals surface area contributed by atoms with E-state index in [1.807, 2.05) is 6.92 Å². The Bertz CT molecular complexity index is 363. The van der Waals surface area contributed by atoms with Crippen molar-refractivity contribution < 1.29 is 19.7 Å². The Kier molecular flexibility index (Phi) is 4.63. The van der Waals surface area contributed by atoms with E-state index in [4.69, 9.17) is 9.84 Å². The Labute approximate surface area is 114 Å². The summed E-state index contributed by atoms with van der Waals surface area (Å²) in [7, 11) is 0. The first-order valence-electron chi connectivity index (χ1n) is 7.17. The van der Waals surface area contributed by atoms with Crippen molar-refractivity contribution in [3.63, 3.8) is 0 Å². The molecule has 2 saturated carbocycles. The molecule has 2 N–H and O–H groups in total. The van der Waals surface area contributed by atoms with Gasteiger partial charge >= 0.3 is 5.97 Å². The van der Waals surface area contributed by atoms with Gasteiger partial charge in [0.05, 0.1) is 12.7 Å². The maximum atomic E-state index is 10.7. The van der Waals surface area contributed by atoms with Crippen LogP contribution in [0.1, 0.15) is 33.1 Å². The summed E-state index contributed by atoms with van der Waals surface area (Å²) in [6, 6.07) is 0. The molecule has 0 aromatic carbocycles. The Morgan fingerprint density at radius 2 is 2.00 bits per heavy atom. The summed E-state index contributed by atoms with van der Waals surface area (Å²) in [5, 5.41) is 18.3. The van der Waals surface area contributed by atoms with Gasteiger partial charge in [0.15, 0.2) is 0 Å². The van der Waals surface area contributed by atoms with Gasteiger partial charge in [-0.1, -0.05) is 0 Å². The SMILES string of the molecule is CC(=CC(C)OCC1C2CCC(C2)C1CO)C(=O)O. The van der Waals surface area contributed by atoms with Gasteiger partial charge in [-0.15, -0.1) is 0 Å². The standard InChI is InChI=1S/C15H24O4/c1-9(15(17)18)5-10(2)19-8-14-12-4-3-11(6-12)13(14)7-16/h5,10-14,16H,3-4,6-8H2,1-2H3,(H,17,18). The summed E-state index contributed by atoms with van der Waals surface area (Å²) in [6.45, 7) is 4.34. The molecule has 2 aliphatic rings. The third-order valence-corrected chi connectivity index (χ3v) is 4.86. The second-order valence-corrected chi connectivity index (χ2v) is 6.04. The van der Waals surface area contributed by atoms with Crippen LogP contribution in [0.3, 0.4) is 0 Å². The fourth-order valence-corrected chi connectivity index (χ4v) is 3.81. The quantitative estimate of drug-likeness (QED) is 0.724. The van der Waals surface area contributed by atoms with Crippen LogP contribution in [0, 0.1) is 23.7 Å². The molecule has 2 rings (SSSR count). The molecule has 0 heterocycles. The van der Waals surface area contributed by atoms with Gasteiger partial charge in [-0.25, -0.2) is 4.79 Å². The molecule has 19 heavy (non-hydrogen) atoms. The molecule has 108 valence electrons. The van der Waals surface area contributed by atoms with Crippen molar-refractivity contribution in [3.8, 4) is 0 Å². The molecule has 0 aliphatic heterocycles. The zero-order valence-corrected chi connectivity index (χ0v) is 11.7. The minimum atomic E-state index is -0.899. The first-order chi connectivity index (χ1) is 9.02. The van der Waals surface area contributed by atoms with Crippen LogP contribution in [0.15, 0.2) is 11.6 Å². The number of hydrogen-bond acceptors (Lipinski definition) is 3. The second-order valence-electron chi connectivity index (χ2n) is 6.04. The lowest BCUT2D eigenvalue weighted by Crippen LogP contribution is -2.30. The molecule has 2 aliphatic carbocycles. The maximum absolute atomic E-state index is 10.7. The largest absolute Gasteiger partial charge is 0.478 e. The van der Waals surface area contributed by atoms with Crippen molar-refractivity contribution in [1.82, 2.24) is 0 Å². The monoisotopic (exact) mass is 268 g/mol. The van der Waals surface area contributed by atoms with Gasteiger partial charge in [0.1, 0.15) is 0 Å². The van der Waals surface area contributed by atoms with Crippen LogP contribution in [0.5, 0.6) is 0 Å². The highest BCUT2D eigenvalue weighted by Gasteiger charge is 2.47. The molecular weight excluding hydrogens is 244 g/mol. The lowest BCUT2D eigenvalue weighted by Gasteiger charge is -2.30. The minimum Gasteiger partial charge on any atom is -0.478 e. The fraction of sp³-hybridized carbons (Fsp3) is 0.800. The van der Waals surface area contributed by atoms with Crippen LogP contribution in [0.2, 0.25) is 0 Å². The molecule has 0 amide bonds. The van der Waals surface area contributed by atoms with E-state index < -0.39 is 5.97 Å². The van der Waals surface area contributed by atoms with E-state index in [0.29, 0.717) is 35.9 Å². The summed E-state index contributed by atoms with van der Waals surface area (Å²) in [6.07, 6.45) is 5.20.